The van der Waals surface area contributed by atoms with Gasteiger partial charge in [0.2, 0.25) is 0 Å². The topological polar surface area (TPSA) is 54.4 Å². The van der Waals surface area contributed by atoms with E-state index in [4.69, 9.17) is 0 Å². The van der Waals surface area contributed by atoms with E-state index >= 15 is 0 Å². The third-order valence-corrected chi connectivity index (χ3v) is 3.56. The number of aliphatic hydroxyl groups excluding tert-OH is 1. The Morgan fingerprint density at radius 1 is 0.952 bits per heavy atom. The van der Waals surface area contributed by atoms with Crippen LogP contribution in [0, 0.1) is 0 Å². The monoisotopic (exact) mass is 282 g/mol. The Morgan fingerprint density at radius 3 is 1.76 bits per heavy atom. The van der Waals surface area contributed by atoms with Crippen molar-refractivity contribution < 1.29 is 14.7 Å². The van der Waals surface area contributed by atoms with Crippen molar-refractivity contribution in [2.45, 2.75) is 25.9 Å². The zero-order chi connectivity index (χ0) is 15.4. The number of hydrogen-bond acceptors (Lipinski definition) is 3. The lowest BCUT2D eigenvalue weighted by atomic mass is 9.87. The summed E-state index contributed by atoms with van der Waals surface area (Å²) in [4.78, 5) is 22.7. The van der Waals surface area contributed by atoms with Gasteiger partial charge in [-0.15, -0.1) is 0 Å². The molecule has 1 unspecified atom stereocenters. The first-order chi connectivity index (χ1) is 10.0. The molecule has 2 aromatic carbocycles. The third kappa shape index (κ3) is 3.44. The Bertz CT molecular complexity index is 625. The van der Waals surface area contributed by atoms with Crippen molar-refractivity contribution in [2.24, 2.45) is 0 Å². The minimum absolute atomic E-state index is 0.0404. The van der Waals surface area contributed by atoms with Gasteiger partial charge in [0.15, 0.2) is 0 Å². The molecule has 0 fully saturated rings. The average Bonchev–Trinajstić information content (AvgIpc) is 2.48. The predicted molar refractivity (Wildman–Crippen MR) is 81.4 cm³/mol. The van der Waals surface area contributed by atoms with Gasteiger partial charge in [-0.1, -0.05) is 48.5 Å². The van der Waals surface area contributed by atoms with Crippen molar-refractivity contribution in [1.82, 2.24) is 0 Å². The summed E-state index contributed by atoms with van der Waals surface area (Å²) in [6, 6.07) is 14.4. The number of carbonyl (C=O) groups excluding carboxylic acids is 2. The minimum atomic E-state index is -0.526. The van der Waals surface area contributed by atoms with E-state index in [9.17, 15) is 14.7 Å². The lowest BCUT2D eigenvalue weighted by Crippen LogP contribution is -2.10. The standard InChI is InChI=1S/C18H18O3/c1-12(20)15-7-9-17(10-8-15)18(13(2)21)16-5-3-14(11-19)4-6-16/h3-12,18,20H,1-2H3/t12-,18?/m1/s1. The third-order valence-electron chi connectivity index (χ3n) is 3.56. The summed E-state index contributed by atoms with van der Waals surface area (Å²) in [6.07, 6.45) is 0.256. The van der Waals surface area contributed by atoms with Crippen LogP contribution in [0.5, 0.6) is 0 Å². The van der Waals surface area contributed by atoms with E-state index in [0.29, 0.717) is 5.56 Å². The Labute approximate surface area is 124 Å². The minimum Gasteiger partial charge on any atom is -0.389 e. The Hall–Kier alpha value is -2.26. The van der Waals surface area contributed by atoms with Gasteiger partial charge >= 0.3 is 0 Å². The molecular formula is C18H18O3. The van der Waals surface area contributed by atoms with E-state index in [1.165, 1.54) is 0 Å². The largest absolute Gasteiger partial charge is 0.389 e. The first-order valence-corrected chi connectivity index (χ1v) is 6.86. The molecule has 0 saturated carbocycles. The number of aldehydes is 1. The summed E-state index contributed by atoms with van der Waals surface area (Å²) in [5.74, 6) is -0.313. The summed E-state index contributed by atoms with van der Waals surface area (Å²) >= 11 is 0. The molecule has 0 saturated heterocycles. The number of Topliss-reactive ketones (excluding diaryl/α,β-unsaturated/α-hetero) is 1. The quantitative estimate of drug-likeness (QED) is 0.856. The van der Waals surface area contributed by atoms with E-state index in [1.54, 1.807) is 38.1 Å². The van der Waals surface area contributed by atoms with Crippen molar-refractivity contribution >= 4 is 12.1 Å². The second kappa shape index (κ2) is 6.46. The first kappa shape index (κ1) is 15.1. The molecule has 2 rings (SSSR count). The molecule has 0 heterocycles. The molecule has 3 heteroatoms. The lowest BCUT2D eigenvalue weighted by molar-refractivity contribution is -0.117. The van der Waals surface area contributed by atoms with Crippen molar-refractivity contribution in [1.29, 1.82) is 0 Å². The molecule has 0 spiro atoms. The number of rotatable bonds is 5. The van der Waals surface area contributed by atoms with E-state index in [0.717, 1.165) is 23.0 Å². The molecule has 0 radical (unpaired) electrons. The van der Waals surface area contributed by atoms with Crippen LogP contribution in [-0.4, -0.2) is 17.2 Å². The van der Waals surface area contributed by atoms with Gasteiger partial charge in [0.1, 0.15) is 12.1 Å². The normalized spacial score (nSPS) is 13.5. The Balaban J connectivity index is 2.38. The number of carbonyl (C=O) groups is 2. The number of benzene rings is 2. The van der Waals surface area contributed by atoms with Crippen LogP contribution in [0.25, 0.3) is 0 Å². The summed E-state index contributed by atoms with van der Waals surface area (Å²) < 4.78 is 0. The van der Waals surface area contributed by atoms with E-state index < -0.39 is 6.10 Å². The van der Waals surface area contributed by atoms with Gasteiger partial charge in [-0.3, -0.25) is 9.59 Å². The van der Waals surface area contributed by atoms with Crippen LogP contribution in [0.4, 0.5) is 0 Å². The number of hydrogen-bond donors (Lipinski definition) is 1. The maximum absolute atomic E-state index is 12.0. The summed E-state index contributed by atoms with van der Waals surface area (Å²) in [6.45, 7) is 3.26. The van der Waals surface area contributed by atoms with Gasteiger partial charge < -0.3 is 5.11 Å². The highest BCUT2D eigenvalue weighted by atomic mass is 16.3. The van der Waals surface area contributed by atoms with Crippen molar-refractivity contribution in [3.8, 4) is 0 Å². The molecule has 108 valence electrons. The van der Waals surface area contributed by atoms with Crippen LogP contribution in [0.1, 0.15) is 52.9 Å². The van der Waals surface area contributed by atoms with Crippen LogP contribution in [0.3, 0.4) is 0 Å². The predicted octanol–water partition coefficient (Wildman–Crippen LogP) is 3.27. The van der Waals surface area contributed by atoms with Gasteiger partial charge in [0.05, 0.1) is 12.0 Å². The molecular weight excluding hydrogens is 264 g/mol. The fraction of sp³-hybridized carbons (Fsp3) is 0.222. The van der Waals surface area contributed by atoms with Gasteiger partial charge in [-0.05, 0) is 30.5 Å². The van der Waals surface area contributed by atoms with Crippen molar-refractivity contribution in [3.63, 3.8) is 0 Å². The molecule has 0 aromatic heterocycles. The van der Waals surface area contributed by atoms with Crippen LogP contribution in [-0.2, 0) is 4.79 Å². The molecule has 0 aliphatic rings. The molecule has 2 atom stereocenters. The van der Waals surface area contributed by atoms with E-state index in [1.807, 2.05) is 24.3 Å². The van der Waals surface area contributed by atoms with Gasteiger partial charge in [0.25, 0.3) is 0 Å². The van der Waals surface area contributed by atoms with Crippen molar-refractivity contribution in [3.05, 3.63) is 70.8 Å². The molecule has 2 aromatic rings. The first-order valence-electron chi connectivity index (χ1n) is 6.86. The van der Waals surface area contributed by atoms with Gasteiger partial charge in [-0.2, -0.15) is 0 Å². The lowest BCUT2D eigenvalue weighted by Gasteiger charge is -2.16. The van der Waals surface area contributed by atoms with Crippen LogP contribution < -0.4 is 0 Å². The number of aliphatic hydroxyl groups is 1. The number of ketones is 1. The molecule has 0 aliphatic heterocycles. The van der Waals surface area contributed by atoms with E-state index in [-0.39, 0.29) is 11.7 Å². The molecule has 1 N–H and O–H groups in total. The maximum Gasteiger partial charge on any atom is 0.150 e. The van der Waals surface area contributed by atoms with Crippen molar-refractivity contribution in [2.75, 3.05) is 0 Å². The molecule has 0 bridgehead atoms. The second-order valence-electron chi connectivity index (χ2n) is 5.17. The molecule has 0 amide bonds. The Morgan fingerprint density at radius 2 is 1.38 bits per heavy atom. The highest BCUT2D eigenvalue weighted by Gasteiger charge is 2.19. The van der Waals surface area contributed by atoms with Crippen LogP contribution in [0.15, 0.2) is 48.5 Å². The highest BCUT2D eigenvalue weighted by molar-refractivity contribution is 5.87. The van der Waals surface area contributed by atoms with Gasteiger partial charge in [0, 0.05) is 5.56 Å². The molecule has 3 nitrogen and oxygen atoms in total. The zero-order valence-corrected chi connectivity index (χ0v) is 12.1. The average molecular weight is 282 g/mol. The smallest absolute Gasteiger partial charge is 0.150 e. The fourth-order valence-electron chi connectivity index (χ4n) is 2.40. The summed E-state index contributed by atoms with van der Waals surface area (Å²) in [5.41, 5.74) is 3.14. The van der Waals surface area contributed by atoms with Crippen LogP contribution in [0.2, 0.25) is 0 Å². The van der Waals surface area contributed by atoms with Crippen LogP contribution >= 0.6 is 0 Å². The molecule has 21 heavy (non-hydrogen) atoms. The molecule has 0 aliphatic carbocycles. The van der Waals surface area contributed by atoms with E-state index in [2.05, 4.69) is 0 Å². The van der Waals surface area contributed by atoms with Gasteiger partial charge in [-0.25, -0.2) is 0 Å². The highest BCUT2D eigenvalue weighted by Crippen LogP contribution is 2.27. The maximum atomic E-state index is 12.0. The fourth-order valence-corrected chi connectivity index (χ4v) is 2.40. The SMILES string of the molecule is CC(=O)C(c1ccc(C=O)cc1)c1ccc([C@@H](C)O)cc1. The Kier molecular flexibility index (Phi) is 4.66. The zero-order valence-electron chi connectivity index (χ0n) is 12.1. The summed E-state index contributed by atoms with van der Waals surface area (Å²) in [5, 5.41) is 9.54. The second-order valence-corrected chi connectivity index (χ2v) is 5.17. The summed E-state index contributed by atoms with van der Waals surface area (Å²) in [7, 11) is 0.